The van der Waals surface area contributed by atoms with Crippen molar-refractivity contribution in [1.29, 1.82) is 0 Å². The van der Waals surface area contributed by atoms with Gasteiger partial charge in [0.1, 0.15) is 5.75 Å². The highest BCUT2D eigenvalue weighted by Crippen LogP contribution is 2.11. The predicted octanol–water partition coefficient (Wildman–Crippen LogP) is 2.81. The highest BCUT2D eigenvalue weighted by molar-refractivity contribution is 7.07. The molecule has 2 N–H and O–H groups in total. The molecular weight excluding hydrogens is 246 g/mol. The minimum Gasteiger partial charge on any atom is -0.508 e. The maximum atomic E-state index is 11.9. The monoisotopic (exact) mass is 261 g/mol. The summed E-state index contributed by atoms with van der Waals surface area (Å²) in [4.78, 5) is 11.9. The Kier molecular flexibility index (Phi) is 3.99. The summed E-state index contributed by atoms with van der Waals surface area (Å²) in [6, 6.07) is 8.40. The molecule has 1 heterocycles. The molecule has 0 bridgehead atoms. The van der Waals surface area contributed by atoms with Crippen LogP contribution in [-0.4, -0.2) is 17.1 Å². The van der Waals surface area contributed by atoms with Crippen molar-refractivity contribution in [3.8, 4) is 5.75 Å². The van der Waals surface area contributed by atoms with Gasteiger partial charge in [0.25, 0.3) is 5.91 Å². The fourth-order valence-corrected chi connectivity index (χ4v) is 2.41. The average molecular weight is 261 g/mol. The van der Waals surface area contributed by atoms with Crippen LogP contribution in [0.25, 0.3) is 0 Å². The number of benzene rings is 1. The van der Waals surface area contributed by atoms with E-state index in [1.807, 2.05) is 12.3 Å². The van der Waals surface area contributed by atoms with Crippen molar-refractivity contribution >= 4 is 17.2 Å². The summed E-state index contributed by atoms with van der Waals surface area (Å²) < 4.78 is 0. The molecule has 0 radical (unpaired) electrons. The third-order valence-corrected chi connectivity index (χ3v) is 3.36. The van der Waals surface area contributed by atoms with Crippen molar-refractivity contribution in [2.75, 3.05) is 0 Å². The van der Waals surface area contributed by atoms with E-state index in [1.165, 1.54) is 17.7 Å². The Bertz CT molecular complexity index is 505. The third kappa shape index (κ3) is 3.34. The molecule has 2 aromatic rings. The van der Waals surface area contributed by atoms with Gasteiger partial charge in [-0.1, -0.05) is 0 Å². The van der Waals surface area contributed by atoms with Gasteiger partial charge >= 0.3 is 0 Å². The van der Waals surface area contributed by atoms with Crippen LogP contribution in [0.2, 0.25) is 0 Å². The first kappa shape index (κ1) is 12.6. The van der Waals surface area contributed by atoms with Gasteiger partial charge in [0.05, 0.1) is 0 Å². The topological polar surface area (TPSA) is 49.3 Å². The van der Waals surface area contributed by atoms with Crippen LogP contribution in [0.5, 0.6) is 5.75 Å². The van der Waals surface area contributed by atoms with Crippen LogP contribution in [-0.2, 0) is 6.42 Å². The molecule has 0 aliphatic carbocycles. The first-order valence-electron chi connectivity index (χ1n) is 5.76. The van der Waals surface area contributed by atoms with E-state index >= 15 is 0 Å². The second-order valence-electron chi connectivity index (χ2n) is 4.26. The zero-order valence-corrected chi connectivity index (χ0v) is 10.9. The van der Waals surface area contributed by atoms with Crippen molar-refractivity contribution in [2.45, 2.75) is 19.4 Å². The van der Waals surface area contributed by atoms with E-state index in [0.29, 0.717) is 5.56 Å². The van der Waals surface area contributed by atoms with Crippen molar-refractivity contribution < 1.29 is 9.90 Å². The predicted molar refractivity (Wildman–Crippen MR) is 73.1 cm³/mol. The Morgan fingerprint density at radius 2 is 2.06 bits per heavy atom. The second kappa shape index (κ2) is 5.69. The first-order valence-corrected chi connectivity index (χ1v) is 6.70. The number of hydrogen-bond acceptors (Lipinski definition) is 3. The SMILES string of the molecule is CC(Cc1ccsc1)NC(=O)c1ccc(O)cc1. The molecule has 1 atom stereocenters. The number of nitrogens with one attached hydrogen (secondary N) is 1. The first-order chi connectivity index (χ1) is 8.65. The highest BCUT2D eigenvalue weighted by atomic mass is 32.1. The standard InChI is InChI=1S/C14H15NO2S/c1-10(8-11-6-7-18-9-11)15-14(17)12-2-4-13(16)5-3-12/h2-7,9-10,16H,8H2,1H3,(H,15,17). The number of hydrogen-bond donors (Lipinski definition) is 2. The van der Waals surface area contributed by atoms with Crippen LogP contribution in [0.3, 0.4) is 0 Å². The fourth-order valence-electron chi connectivity index (χ4n) is 1.73. The van der Waals surface area contributed by atoms with Crippen molar-refractivity contribution in [3.05, 3.63) is 52.2 Å². The molecule has 2 rings (SSSR count). The lowest BCUT2D eigenvalue weighted by molar-refractivity contribution is 0.0940. The second-order valence-corrected chi connectivity index (χ2v) is 5.04. The number of aromatic hydroxyl groups is 1. The van der Waals surface area contributed by atoms with E-state index < -0.39 is 0 Å². The van der Waals surface area contributed by atoms with E-state index in [2.05, 4.69) is 16.8 Å². The smallest absolute Gasteiger partial charge is 0.251 e. The molecule has 1 aromatic carbocycles. The summed E-state index contributed by atoms with van der Waals surface area (Å²) in [6.07, 6.45) is 0.827. The number of phenols is 1. The summed E-state index contributed by atoms with van der Waals surface area (Å²) in [5.41, 5.74) is 1.79. The quantitative estimate of drug-likeness (QED) is 0.889. The van der Waals surface area contributed by atoms with E-state index in [0.717, 1.165) is 6.42 Å². The van der Waals surface area contributed by atoms with Gasteiger partial charge in [-0.25, -0.2) is 0 Å². The Balaban J connectivity index is 1.92. The largest absolute Gasteiger partial charge is 0.508 e. The molecule has 0 saturated carbocycles. The summed E-state index contributed by atoms with van der Waals surface area (Å²) >= 11 is 1.66. The Labute approximate surface area is 110 Å². The summed E-state index contributed by atoms with van der Waals surface area (Å²) in [6.45, 7) is 1.98. The zero-order valence-electron chi connectivity index (χ0n) is 10.1. The average Bonchev–Trinajstić information content (AvgIpc) is 2.82. The van der Waals surface area contributed by atoms with Gasteiger partial charge < -0.3 is 10.4 Å². The van der Waals surface area contributed by atoms with Crippen LogP contribution in [0.4, 0.5) is 0 Å². The van der Waals surface area contributed by atoms with Crippen LogP contribution in [0.15, 0.2) is 41.1 Å². The van der Waals surface area contributed by atoms with Crippen LogP contribution in [0.1, 0.15) is 22.8 Å². The fraction of sp³-hybridized carbons (Fsp3) is 0.214. The number of phenolic OH excluding ortho intramolecular Hbond substituents is 1. The van der Waals surface area contributed by atoms with Crippen molar-refractivity contribution in [1.82, 2.24) is 5.32 Å². The van der Waals surface area contributed by atoms with Gasteiger partial charge in [0.2, 0.25) is 0 Å². The van der Waals surface area contributed by atoms with Crippen LogP contribution in [0, 0.1) is 0 Å². The van der Waals surface area contributed by atoms with Crippen LogP contribution < -0.4 is 5.32 Å². The van der Waals surface area contributed by atoms with Crippen molar-refractivity contribution in [3.63, 3.8) is 0 Å². The summed E-state index contributed by atoms with van der Waals surface area (Å²) in [7, 11) is 0. The molecule has 0 saturated heterocycles. The molecule has 0 aliphatic heterocycles. The number of rotatable bonds is 4. The molecule has 1 amide bonds. The lowest BCUT2D eigenvalue weighted by Gasteiger charge is -2.13. The number of carbonyl (C=O) groups is 1. The molecule has 0 aliphatic rings. The van der Waals surface area contributed by atoms with E-state index in [9.17, 15) is 4.79 Å². The molecule has 1 aromatic heterocycles. The number of thiophene rings is 1. The lowest BCUT2D eigenvalue weighted by Crippen LogP contribution is -2.33. The third-order valence-electron chi connectivity index (χ3n) is 2.63. The molecule has 4 heteroatoms. The van der Waals surface area contributed by atoms with Gasteiger partial charge in [-0.05, 0) is 60.0 Å². The van der Waals surface area contributed by atoms with E-state index in [4.69, 9.17) is 5.11 Å². The Morgan fingerprint density at radius 1 is 1.33 bits per heavy atom. The highest BCUT2D eigenvalue weighted by Gasteiger charge is 2.10. The van der Waals surface area contributed by atoms with Gasteiger partial charge in [-0.3, -0.25) is 4.79 Å². The Hall–Kier alpha value is -1.81. The molecule has 94 valence electrons. The molecule has 0 spiro atoms. The number of amides is 1. The molecule has 1 unspecified atom stereocenters. The van der Waals surface area contributed by atoms with Gasteiger partial charge in [0.15, 0.2) is 0 Å². The van der Waals surface area contributed by atoms with Gasteiger partial charge in [-0.15, -0.1) is 0 Å². The zero-order chi connectivity index (χ0) is 13.0. The van der Waals surface area contributed by atoms with Gasteiger partial charge in [-0.2, -0.15) is 11.3 Å². The summed E-state index contributed by atoms with van der Waals surface area (Å²) in [5, 5.41) is 16.2. The Morgan fingerprint density at radius 3 is 2.67 bits per heavy atom. The van der Waals surface area contributed by atoms with Crippen molar-refractivity contribution in [2.24, 2.45) is 0 Å². The van der Waals surface area contributed by atoms with E-state index in [-0.39, 0.29) is 17.7 Å². The lowest BCUT2D eigenvalue weighted by atomic mass is 10.1. The van der Waals surface area contributed by atoms with Crippen LogP contribution >= 0.6 is 11.3 Å². The van der Waals surface area contributed by atoms with E-state index in [1.54, 1.807) is 23.5 Å². The molecular formula is C14H15NO2S. The minimum absolute atomic E-state index is 0.0842. The molecule has 3 nitrogen and oxygen atoms in total. The van der Waals surface area contributed by atoms with Gasteiger partial charge in [0, 0.05) is 11.6 Å². The maximum Gasteiger partial charge on any atom is 0.251 e. The normalized spacial score (nSPS) is 12.1. The molecule has 0 fully saturated rings. The molecule has 18 heavy (non-hydrogen) atoms. The maximum absolute atomic E-state index is 11.9. The number of carbonyl (C=O) groups excluding carboxylic acids is 1. The summed E-state index contributed by atoms with van der Waals surface area (Å²) in [5.74, 6) is 0.0515. The minimum atomic E-state index is -0.113.